The molecule has 0 aliphatic carbocycles. The van der Waals surface area contributed by atoms with Gasteiger partial charge in [0.15, 0.2) is 5.69 Å². The average Bonchev–Trinajstić information content (AvgIpc) is 3.01. The second kappa shape index (κ2) is 7.00. The van der Waals surface area contributed by atoms with E-state index in [-0.39, 0.29) is 17.5 Å². The van der Waals surface area contributed by atoms with E-state index in [0.717, 1.165) is 11.3 Å². The monoisotopic (exact) mass is 334 g/mol. The van der Waals surface area contributed by atoms with E-state index in [1.165, 1.54) is 11.6 Å². The standard InChI is InChI=1S/C19H18N4O2/c1-13-8-10-15(11-9-13)21-19(25)17-12-18(20-14(2)24)23(22-17)16-6-4-3-5-7-16/h3-12H,1-2H3,(H,20,24)(H,21,25). The Hall–Kier alpha value is -3.41. The van der Waals surface area contributed by atoms with Crippen LogP contribution in [0.25, 0.3) is 5.69 Å². The van der Waals surface area contributed by atoms with Gasteiger partial charge in [-0.25, -0.2) is 4.68 Å². The molecule has 6 nitrogen and oxygen atoms in total. The summed E-state index contributed by atoms with van der Waals surface area (Å²) in [5.41, 5.74) is 2.76. The van der Waals surface area contributed by atoms with Crippen LogP contribution in [0.4, 0.5) is 11.5 Å². The van der Waals surface area contributed by atoms with E-state index in [1.807, 2.05) is 61.5 Å². The van der Waals surface area contributed by atoms with Gasteiger partial charge >= 0.3 is 0 Å². The predicted octanol–water partition coefficient (Wildman–Crippen LogP) is 3.39. The molecule has 0 unspecified atom stereocenters. The number of aromatic nitrogens is 2. The third-order valence-electron chi connectivity index (χ3n) is 3.56. The van der Waals surface area contributed by atoms with Gasteiger partial charge in [-0.3, -0.25) is 9.59 Å². The van der Waals surface area contributed by atoms with Gasteiger partial charge < -0.3 is 10.6 Å². The minimum Gasteiger partial charge on any atom is -0.321 e. The van der Waals surface area contributed by atoms with Gasteiger partial charge in [0.1, 0.15) is 5.82 Å². The Kier molecular flexibility index (Phi) is 4.61. The van der Waals surface area contributed by atoms with E-state index in [1.54, 1.807) is 6.07 Å². The molecule has 1 aromatic heterocycles. The molecule has 0 aliphatic heterocycles. The zero-order chi connectivity index (χ0) is 17.8. The van der Waals surface area contributed by atoms with Crippen LogP contribution in [0.5, 0.6) is 0 Å². The van der Waals surface area contributed by atoms with Crippen molar-refractivity contribution in [3.63, 3.8) is 0 Å². The number of benzene rings is 2. The Morgan fingerprint density at radius 2 is 1.64 bits per heavy atom. The molecule has 0 spiro atoms. The summed E-state index contributed by atoms with van der Waals surface area (Å²) in [6.45, 7) is 3.39. The summed E-state index contributed by atoms with van der Waals surface area (Å²) < 4.78 is 1.53. The van der Waals surface area contributed by atoms with Gasteiger partial charge in [-0.05, 0) is 31.2 Å². The molecule has 1 heterocycles. The lowest BCUT2D eigenvalue weighted by molar-refractivity contribution is -0.114. The Balaban J connectivity index is 1.91. The number of amides is 2. The number of hydrogen-bond acceptors (Lipinski definition) is 3. The second-order valence-corrected chi connectivity index (χ2v) is 5.66. The predicted molar refractivity (Wildman–Crippen MR) is 97.0 cm³/mol. The summed E-state index contributed by atoms with van der Waals surface area (Å²) in [5.74, 6) is -0.138. The van der Waals surface area contributed by atoms with E-state index in [9.17, 15) is 9.59 Å². The van der Waals surface area contributed by atoms with Crippen molar-refractivity contribution in [3.8, 4) is 5.69 Å². The molecule has 0 atom stereocenters. The summed E-state index contributed by atoms with van der Waals surface area (Å²) >= 11 is 0. The van der Waals surface area contributed by atoms with Crippen LogP contribution >= 0.6 is 0 Å². The molecule has 2 amide bonds. The Morgan fingerprint density at radius 3 is 2.28 bits per heavy atom. The number of nitrogens with one attached hydrogen (secondary N) is 2. The van der Waals surface area contributed by atoms with Gasteiger partial charge in [0.2, 0.25) is 5.91 Å². The first-order valence-corrected chi connectivity index (χ1v) is 7.84. The summed E-state index contributed by atoms with van der Waals surface area (Å²) in [5, 5.41) is 9.84. The number of hydrogen-bond donors (Lipinski definition) is 2. The van der Waals surface area contributed by atoms with Crippen LogP contribution in [-0.4, -0.2) is 21.6 Å². The van der Waals surface area contributed by atoms with Crippen LogP contribution < -0.4 is 10.6 Å². The number of aryl methyl sites for hydroxylation is 1. The van der Waals surface area contributed by atoms with Gasteiger partial charge in [0, 0.05) is 18.7 Å². The largest absolute Gasteiger partial charge is 0.321 e. The van der Waals surface area contributed by atoms with Crippen molar-refractivity contribution in [1.82, 2.24) is 9.78 Å². The number of carbonyl (C=O) groups excluding carboxylic acids is 2. The molecule has 0 radical (unpaired) electrons. The molecule has 0 saturated carbocycles. The number of para-hydroxylation sites is 1. The minimum atomic E-state index is -0.342. The van der Waals surface area contributed by atoms with E-state index in [0.29, 0.717) is 11.5 Å². The van der Waals surface area contributed by atoms with Crippen LogP contribution in [0.15, 0.2) is 60.7 Å². The molecule has 25 heavy (non-hydrogen) atoms. The first-order chi connectivity index (χ1) is 12.0. The summed E-state index contributed by atoms with van der Waals surface area (Å²) in [4.78, 5) is 23.9. The molecule has 6 heteroatoms. The number of nitrogens with zero attached hydrogens (tertiary/aromatic N) is 2. The first-order valence-electron chi connectivity index (χ1n) is 7.84. The van der Waals surface area contributed by atoms with E-state index in [2.05, 4.69) is 15.7 Å². The van der Waals surface area contributed by atoms with E-state index >= 15 is 0 Å². The van der Waals surface area contributed by atoms with Crippen LogP contribution in [0.1, 0.15) is 23.0 Å². The smallest absolute Gasteiger partial charge is 0.276 e. The molecule has 3 aromatic rings. The lowest BCUT2D eigenvalue weighted by Crippen LogP contribution is -2.13. The maximum atomic E-state index is 12.5. The van der Waals surface area contributed by atoms with E-state index in [4.69, 9.17) is 0 Å². The van der Waals surface area contributed by atoms with Crippen molar-refractivity contribution in [2.45, 2.75) is 13.8 Å². The van der Waals surface area contributed by atoms with Crippen LogP contribution in [-0.2, 0) is 4.79 Å². The molecular formula is C19H18N4O2. The molecular weight excluding hydrogens is 316 g/mol. The van der Waals surface area contributed by atoms with Crippen LogP contribution in [0.3, 0.4) is 0 Å². The van der Waals surface area contributed by atoms with Crippen LogP contribution in [0.2, 0.25) is 0 Å². The van der Waals surface area contributed by atoms with E-state index < -0.39 is 0 Å². The highest BCUT2D eigenvalue weighted by atomic mass is 16.2. The average molecular weight is 334 g/mol. The topological polar surface area (TPSA) is 76.0 Å². The Bertz CT molecular complexity index is 899. The fourth-order valence-corrected chi connectivity index (χ4v) is 2.36. The van der Waals surface area contributed by atoms with Crippen molar-refractivity contribution in [1.29, 1.82) is 0 Å². The molecule has 3 rings (SSSR count). The highest BCUT2D eigenvalue weighted by molar-refractivity contribution is 6.04. The normalized spacial score (nSPS) is 10.3. The summed E-state index contributed by atoms with van der Waals surface area (Å²) in [7, 11) is 0. The quantitative estimate of drug-likeness (QED) is 0.768. The number of carbonyl (C=O) groups is 2. The third kappa shape index (κ3) is 3.92. The molecule has 126 valence electrons. The SMILES string of the molecule is CC(=O)Nc1cc(C(=O)Nc2ccc(C)cc2)nn1-c1ccccc1. The maximum absolute atomic E-state index is 12.5. The molecule has 0 aliphatic rings. The Morgan fingerprint density at radius 1 is 0.960 bits per heavy atom. The van der Waals surface area contributed by atoms with Crippen molar-refractivity contribution in [2.24, 2.45) is 0 Å². The first kappa shape index (κ1) is 16.4. The molecule has 0 saturated heterocycles. The molecule has 0 fully saturated rings. The van der Waals surface area contributed by atoms with Gasteiger partial charge in [-0.2, -0.15) is 5.10 Å². The van der Waals surface area contributed by atoms with Gasteiger partial charge in [0.05, 0.1) is 5.69 Å². The van der Waals surface area contributed by atoms with Crippen molar-refractivity contribution < 1.29 is 9.59 Å². The fourth-order valence-electron chi connectivity index (χ4n) is 2.36. The number of anilines is 2. The van der Waals surface area contributed by atoms with Crippen molar-refractivity contribution in [2.75, 3.05) is 10.6 Å². The van der Waals surface area contributed by atoms with Crippen molar-refractivity contribution in [3.05, 3.63) is 71.9 Å². The Labute approximate surface area is 145 Å². The lowest BCUT2D eigenvalue weighted by Gasteiger charge is -2.06. The highest BCUT2D eigenvalue weighted by Gasteiger charge is 2.16. The molecule has 2 N–H and O–H groups in total. The third-order valence-corrected chi connectivity index (χ3v) is 3.56. The maximum Gasteiger partial charge on any atom is 0.276 e. The van der Waals surface area contributed by atoms with Gasteiger partial charge in [0.25, 0.3) is 5.91 Å². The lowest BCUT2D eigenvalue weighted by atomic mass is 10.2. The summed E-state index contributed by atoms with van der Waals surface area (Å²) in [6.07, 6.45) is 0. The van der Waals surface area contributed by atoms with Crippen LogP contribution in [0, 0.1) is 6.92 Å². The van der Waals surface area contributed by atoms with Crippen molar-refractivity contribution >= 4 is 23.3 Å². The zero-order valence-electron chi connectivity index (χ0n) is 14.0. The zero-order valence-corrected chi connectivity index (χ0v) is 14.0. The highest BCUT2D eigenvalue weighted by Crippen LogP contribution is 2.18. The fraction of sp³-hybridized carbons (Fsp3) is 0.105. The van der Waals surface area contributed by atoms with Gasteiger partial charge in [-0.15, -0.1) is 0 Å². The number of rotatable bonds is 4. The molecule has 0 bridgehead atoms. The summed E-state index contributed by atoms with van der Waals surface area (Å²) in [6, 6.07) is 18.4. The second-order valence-electron chi connectivity index (χ2n) is 5.66. The minimum absolute atomic E-state index is 0.216. The van der Waals surface area contributed by atoms with Gasteiger partial charge in [-0.1, -0.05) is 35.9 Å². The molecule has 2 aromatic carbocycles.